The van der Waals surface area contributed by atoms with Crippen LogP contribution in [0.15, 0.2) is 67.1 Å². The smallest absolute Gasteiger partial charge is 0.132 e. The van der Waals surface area contributed by atoms with Crippen molar-refractivity contribution in [2.24, 2.45) is 0 Å². The molecule has 4 aromatic rings. The van der Waals surface area contributed by atoms with Gasteiger partial charge in [-0.2, -0.15) is 0 Å². The van der Waals surface area contributed by atoms with Crippen molar-refractivity contribution in [2.75, 3.05) is 32.0 Å². The molecule has 4 heterocycles. The number of rotatable bonds is 5. The molecule has 3 aromatic heterocycles. The van der Waals surface area contributed by atoms with E-state index >= 15 is 0 Å². The van der Waals surface area contributed by atoms with Crippen molar-refractivity contribution in [3.8, 4) is 22.4 Å². The molecule has 1 saturated heterocycles. The summed E-state index contributed by atoms with van der Waals surface area (Å²) in [6.45, 7) is 5.80. The zero-order valence-electron chi connectivity index (χ0n) is 22.4. The third-order valence-electron chi connectivity index (χ3n) is 8.09. The Bertz CT molecular complexity index is 1490. The van der Waals surface area contributed by atoms with Gasteiger partial charge in [-0.15, -0.1) is 0 Å². The van der Waals surface area contributed by atoms with Gasteiger partial charge in [0.05, 0.1) is 30.3 Å². The summed E-state index contributed by atoms with van der Waals surface area (Å²) in [6.07, 6.45) is 9.90. The van der Waals surface area contributed by atoms with E-state index in [0.717, 1.165) is 67.1 Å². The second kappa shape index (κ2) is 11.0. The fourth-order valence-electron chi connectivity index (χ4n) is 5.82. The second-order valence-electron chi connectivity index (χ2n) is 10.5. The topological polar surface area (TPSA) is 101 Å². The standard InChI is InChI=1S/C32H34N6O/c1-21-3-2-12-35-31(21)25-8-11-29(36-19-25)30(33)28-18-26(20-37-32(28)34)24-5-4-22-6-9-27(10-7-23(22)17-24)38-13-15-39-16-14-38/h2-5,8,11-12,17-20,27,33H,6-7,9-10,13-16H2,1H3,(H2,34,37). The number of pyridine rings is 3. The molecule has 0 radical (unpaired) electrons. The molecule has 198 valence electrons. The van der Waals surface area contributed by atoms with Gasteiger partial charge in [-0.05, 0) is 79.1 Å². The molecule has 2 aliphatic rings. The van der Waals surface area contributed by atoms with Gasteiger partial charge in [0.25, 0.3) is 0 Å². The van der Waals surface area contributed by atoms with E-state index in [2.05, 4.69) is 38.1 Å². The highest BCUT2D eigenvalue weighted by molar-refractivity contribution is 6.12. The first-order valence-electron chi connectivity index (χ1n) is 13.7. The fourth-order valence-corrected chi connectivity index (χ4v) is 5.82. The predicted molar refractivity (Wildman–Crippen MR) is 155 cm³/mol. The number of benzene rings is 1. The van der Waals surface area contributed by atoms with Crippen LogP contribution in [0.4, 0.5) is 5.82 Å². The van der Waals surface area contributed by atoms with Gasteiger partial charge in [-0.25, -0.2) is 4.98 Å². The third-order valence-corrected chi connectivity index (χ3v) is 8.09. The molecule has 7 heteroatoms. The first-order chi connectivity index (χ1) is 19.1. The molecule has 0 saturated carbocycles. The van der Waals surface area contributed by atoms with Crippen LogP contribution in [0.25, 0.3) is 22.4 Å². The molecule has 6 rings (SSSR count). The number of fused-ring (bicyclic) bond motifs is 1. The Hall–Kier alpha value is -3.94. The van der Waals surface area contributed by atoms with Crippen LogP contribution in [0.3, 0.4) is 0 Å². The molecule has 1 aromatic carbocycles. The Labute approximate surface area is 229 Å². The summed E-state index contributed by atoms with van der Waals surface area (Å²) in [4.78, 5) is 16.1. The van der Waals surface area contributed by atoms with Crippen LogP contribution in [0.1, 0.15) is 40.8 Å². The number of ether oxygens (including phenoxy) is 1. The molecule has 1 atom stereocenters. The molecule has 1 unspecified atom stereocenters. The van der Waals surface area contributed by atoms with E-state index in [1.54, 1.807) is 18.6 Å². The van der Waals surface area contributed by atoms with Crippen LogP contribution >= 0.6 is 0 Å². The number of anilines is 1. The van der Waals surface area contributed by atoms with E-state index < -0.39 is 0 Å². The monoisotopic (exact) mass is 518 g/mol. The second-order valence-corrected chi connectivity index (χ2v) is 10.5. The van der Waals surface area contributed by atoms with Crippen molar-refractivity contribution in [3.63, 3.8) is 0 Å². The lowest BCUT2D eigenvalue weighted by Gasteiger charge is -2.33. The Balaban J connectivity index is 1.22. The molecule has 0 bridgehead atoms. The highest BCUT2D eigenvalue weighted by atomic mass is 16.5. The number of hydrogen-bond donors (Lipinski definition) is 2. The van der Waals surface area contributed by atoms with E-state index in [4.69, 9.17) is 15.9 Å². The van der Waals surface area contributed by atoms with Gasteiger partial charge in [-0.3, -0.25) is 20.3 Å². The van der Waals surface area contributed by atoms with Gasteiger partial charge in [0, 0.05) is 54.4 Å². The SMILES string of the molecule is Cc1cccnc1-c1ccc(C(=N)c2cc(-c3ccc4c(c3)CCC(N3CCOCC3)CC4)cnc2N)nc1. The molecule has 39 heavy (non-hydrogen) atoms. The molecule has 7 nitrogen and oxygen atoms in total. The number of morpholine rings is 1. The third kappa shape index (κ3) is 5.33. The van der Waals surface area contributed by atoms with Gasteiger partial charge < -0.3 is 10.5 Å². The summed E-state index contributed by atoms with van der Waals surface area (Å²) in [5.41, 5.74) is 15.5. The molecule has 0 amide bonds. The summed E-state index contributed by atoms with van der Waals surface area (Å²) in [6, 6.07) is 17.1. The van der Waals surface area contributed by atoms with Crippen LogP contribution in [0.2, 0.25) is 0 Å². The minimum Gasteiger partial charge on any atom is -0.383 e. The van der Waals surface area contributed by atoms with Gasteiger partial charge in [0.1, 0.15) is 5.82 Å². The maximum Gasteiger partial charge on any atom is 0.132 e. The van der Waals surface area contributed by atoms with E-state index in [0.29, 0.717) is 23.1 Å². The van der Waals surface area contributed by atoms with E-state index in [9.17, 15) is 0 Å². The number of nitrogens with two attached hydrogens (primary N) is 1. The Morgan fingerprint density at radius 3 is 2.44 bits per heavy atom. The fraction of sp³-hybridized carbons (Fsp3) is 0.312. The van der Waals surface area contributed by atoms with Crippen molar-refractivity contribution < 1.29 is 4.74 Å². The van der Waals surface area contributed by atoms with Gasteiger partial charge in [0.2, 0.25) is 0 Å². The average Bonchev–Trinajstić information content (AvgIpc) is 3.20. The minimum atomic E-state index is 0.259. The van der Waals surface area contributed by atoms with Crippen molar-refractivity contribution in [2.45, 2.75) is 38.6 Å². The van der Waals surface area contributed by atoms with E-state index in [1.165, 1.54) is 24.0 Å². The first kappa shape index (κ1) is 25.3. The number of nitrogens with zero attached hydrogens (tertiary/aromatic N) is 4. The van der Waals surface area contributed by atoms with Crippen LogP contribution < -0.4 is 5.73 Å². The number of aryl methyl sites for hydroxylation is 3. The average molecular weight is 519 g/mol. The van der Waals surface area contributed by atoms with Crippen LogP contribution in [0.5, 0.6) is 0 Å². The summed E-state index contributed by atoms with van der Waals surface area (Å²) in [5.74, 6) is 0.332. The number of aromatic nitrogens is 3. The molecular formula is C32H34N6O. The van der Waals surface area contributed by atoms with Gasteiger partial charge >= 0.3 is 0 Å². The molecule has 1 fully saturated rings. The minimum absolute atomic E-state index is 0.259. The van der Waals surface area contributed by atoms with E-state index in [1.807, 2.05) is 37.3 Å². The predicted octanol–water partition coefficient (Wildman–Crippen LogP) is 5.09. The maximum absolute atomic E-state index is 8.88. The first-order valence-corrected chi connectivity index (χ1v) is 13.7. The largest absolute Gasteiger partial charge is 0.383 e. The van der Waals surface area contributed by atoms with Crippen molar-refractivity contribution in [1.29, 1.82) is 5.41 Å². The van der Waals surface area contributed by atoms with Crippen molar-refractivity contribution >= 4 is 11.5 Å². The number of nitrogen functional groups attached to an aromatic ring is 1. The Morgan fingerprint density at radius 2 is 1.67 bits per heavy atom. The number of nitrogens with one attached hydrogen (secondary N) is 1. The quantitative estimate of drug-likeness (QED) is 0.282. The highest BCUT2D eigenvalue weighted by Crippen LogP contribution is 2.30. The molecule has 3 N–H and O–H groups in total. The van der Waals surface area contributed by atoms with Gasteiger partial charge in [-0.1, -0.05) is 24.3 Å². The lowest BCUT2D eigenvalue weighted by atomic mass is 9.95. The lowest BCUT2D eigenvalue weighted by molar-refractivity contribution is 0.0136. The normalized spacial score (nSPS) is 17.8. The van der Waals surface area contributed by atoms with Crippen molar-refractivity contribution in [1.82, 2.24) is 19.9 Å². The van der Waals surface area contributed by atoms with E-state index in [-0.39, 0.29) is 5.71 Å². The molecule has 0 spiro atoms. The molecular weight excluding hydrogens is 484 g/mol. The van der Waals surface area contributed by atoms with Gasteiger partial charge in [0.15, 0.2) is 0 Å². The summed E-state index contributed by atoms with van der Waals surface area (Å²) < 4.78 is 5.56. The maximum atomic E-state index is 8.88. The summed E-state index contributed by atoms with van der Waals surface area (Å²) in [7, 11) is 0. The lowest BCUT2D eigenvalue weighted by Crippen LogP contribution is -2.43. The Kier molecular flexibility index (Phi) is 7.18. The zero-order valence-corrected chi connectivity index (χ0v) is 22.4. The summed E-state index contributed by atoms with van der Waals surface area (Å²) >= 11 is 0. The molecule has 1 aliphatic carbocycles. The molecule has 1 aliphatic heterocycles. The zero-order chi connectivity index (χ0) is 26.8. The highest BCUT2D eigenvalue weighted by Gasteiger charge is 2.24. The van der Waals surface area contributed by atoms with Crippen LogP contribution in [0, 0.1) is 12.3 Å². The van der Waals surface area contributed by atoms with Crippen LogP contribution in [-0.4, -0.2) is 57.9 Å². The van der Waals surface area contributed by atoms with Crippen LogP contribution in [-0.2, 0) is 17.6 Å². The van der Waals surface area contributed by atoms with Crippen molar-refractivity contribution in [3.05, 3.63) is 95.1 Å². The number of hydrogen-bond acceptors (Lipinski definition) is 7. The Morgan fingerprint density at radius 1 is 0.897 bits per heavy atom. The summed E-state index contributed by atoms with van der Waals surface area (Å²) in [5, 5.41) is 8.88.